The molecule has 4 atom stereocenters. The summed E-state index contributed by atoms with van der Waals surface area (Å²) in [6.45, 7) is 0. The van der Waals surface area contributed by atoms with Gasteiger partial charge in [-0.3, -0.25) is 0 Å². The zero-order valence-corrected chi connectivity index (χ0v) is 11.6. The Bertz CT molecular complexity index is 709. The van der Waals surface area contributed by atoms with Gasteiger partial charge in [0.05, 0.1) is 11.3 Å². The molecule has 1 heterocycles. The van der Waals surface area contributed by atoms with Crippen LogP contribution < -0.4 is 5.73 Å². The molecule has 0 saturated heterocycles. The van der Waals surface area contributed by atoms with Crippen molar-refractivity contribution in [1.29, 1.82) is 0 Å². The predicted octanol–water partition coefficient (Wildman–Crippen LogP) is 3.82. The van der Waals surface area contributed by atoms with Crippen molar-refractivity contribution >= 4 is 5.88 Å². The Morgan fingerprint density at radius 1 is 1.14 bits per heavy atom. The summed E-state index contributed by atoms with van der Waals surface area (Å²) in [4.78, 5) is 0. The summed E-state index contributed by atoms with van der Waals surface area (Å²) in [5, 5.41) is 4.21. The molecule has 2 aromatic rings. The first kappa shape index (κ1) is 11.8. The Labute approximate surface area is 122 Å². The van der Waals surface area contributed by atoms with Crippen molar-refractivity contribution < 1.29 is 8.91 Å². The standard InChI is InChI=1S/C17H17FN2O/c18-11-4-2-1-3-10(11)14-16(20-21-17(14)19)15-12-8-5-6-9(7-8)13(12)15/h1-4,8-9,12-13,15H,5-7,19H2. The van der Waals surface area contributed by atoms with E-state index >= 15 is 0 Å². The summed E-state index contributed by atoms with van der Waals surface area (Å²) in [6.07, 6.45) is 4.09. The van der Waals surface area contributed by atoms with Crippen molar-refractivity contribution in [2.45, 2.75) is 25.2 Å². The van der Waals surface area contributed by atoms with Crippen LogP contribution in [0, 0.1) is 29.5 Å². The fourth-order valence-electron chi connectivity index (χ4n) is 5.17. The van der Waals surface area contributed by atoms with Crippen LogP contribution in [0.25, 0.3) is 11.1 Å². The van der Waals surface area contributed by atoms with Gasteiger partial charge in [0, 0.05) is 11.5 Å². The molecule has 4 heteroatoms. The van der Waals surface area contributed by atoms with E-state index in [9.17, 15) is 4.39 Å². The third kappa shape index (κ3) is 1.45. The lowest BCUT2D eigenvalue weighted by Crippen LogP contribution is -2.00. The van der Waals surface area contributed by atoms with Gasteiger partial charge in [-0.15, -0.1) is 0 Å². The number of hydrogen-bond acceptors (Lipinski definition) is 3. The molecule has 0 aliphatic heterocycles. The van der Waals surface area contributed by atoms with E-state index in [0.29, 0.717) is 17.0 Å². The molecule has 108 valence electrons. The smallest absolute Gasteiger partial charge is 0.230 e. The molecule has 3 fully saturated rings. The van der Waals surface area contributed by atoms with Crippen LogP contribution in [0.1, 0.15) is 30.9 Å². The van der Waals surface area contributed by atoms with Crippen molar-refractivity contribution in [3.8, 4) is 11.1 Å². The quantitative estimate of drug-likeness (QED) is 0.912. The fourth-order valence-corrected chi connectivity index (χ4v) is 5.17. The van der Waals surface area contributed by atoms with Crippen LogP contribution >= 0.6 is 0 Å². The van der Waals surface area contributed by atoms with Crippen molar-refractivity contribution in [3.05, 3.63) is 35.8 Å². The van der Waals surface area contributed by atoms with Gasteiger partial charge >= 0.3 is 0 Å². The molecule has 0 amide bonds. The van der Waals surface area contributed by atoms with Crippen molar-refractivity contribution in [2.24, 2.45) is 23.7 Å². The second kappa shape index (κ2) is 3.87. The normalized spacial score (nSPS) is 36.0. The van der Waals surface area contributed by atoms with Gasteiger partial charge in [-0.2, -0.15) is 0 Å². The molecule has 4 unspecified atom stereocenters. The summed E-state index contributed by atoms with van der Waals surface area (Å²) in [5.74, 6) is 3.58. The van der Waals surface area contributed by atoms with Gasteiger partial charge in [0.15, 0.2) is 0 Å². The number of anilines is 1. The zero-order chi connectivity index (χ0) is 14.1. The van der Waals surface area contributed by atoms with E-state index in [2.05, 4.69) is 5.16 Å². The molecule has 1 aromatic heterocycles. The van der Waals surface area contributed by atoms with Crippen LogP contribution in [0.5, 0.6) is 0 Å². The third-order valence-corrected chi connectivity index (χ3v) is 5.94. The van der Waals surface area contributed by atoms with Crippen LogP contribution in [0.15, 0.2) is 28.8 Å². The molecule has 21 heavy (non-hydrogen) atoms. The third-order valence-electron chi connectivity index (χ3n) is 5.94. The first-order valence-electron chi connectivity index (χ1n) is 7.75. The van der Waals surface area contributed by atoms with E-state index in [1.165, 1.54) is 25.3 Å². The van der Waals surface area contributed by atoms with Gasteiger partial charge in [0.2, 0.25) is 5.88 Å². The van der Waals surface area contributed by atoms with Crippen molar-refractivity contribution in [2.75, 3.05) is 5.73 Å². The Hall–Kier alpha value is -1.84. The number of nitrogen functional groups attached to an aromatic ring is 1. The van der Waals surface area contributed by atoms with E-state index in [1.807, 2.05) is 6.07 Å². The summed E-state index contributed by atoms with van der Waals surface area (Å²) < 4.78 is 19.4. The highest BCUT2D eigenvalue weighted by Gasteiger charge is 2.66. The minimum atomic E-state index is -0.262. The molecule has 2 N–H and O–H groups in total. The topological polar surface area (TPSA) is 52.0 Å². The van der Waals surface area contributed by atoms with Crippen molar-refractivity contribution in [3.63, 3.8) is 0 Å². The molecule has 2 bridgehead atoms. The number of halogens is 1. The average molecular weight is 284 g/mol. The SMILES string of the molecule is Nc1onc(C2C3C4CCC(C4)C23)c1-c1ccccc1F. The molecule has 3 saturated carbocycles. The number of benzene rings is 1. The second-order valence-corrected chi connectivity index (χ2v) is 6.80. The molecular weight excluding hydrogens is 267 g/mol. The lowest BCUT2D eigenvalue weighted by molar-refractivity contribution is 0.417. The van der Waals surface area contributed by atoms with Crippen LogP contribution in [-0.2, 0) is 0 Å². The molecule has 3 aliphatic carbocycles. The van der Waals surface area contributed by atoms with Gasteiger partial charge < -0.3 is 10.3 Å². The average Bonchev–Trinajstić information content (AvgIpc) is 2.81. The highest BCUT2D eigenvalue weighted by Crippen LogP contribution is 2.73. The summed E-state index contributed by atoms with van der Waals surface area (Å²) in [5.41, 5.74) is 8.04. The van der Waals surface area contributed by atoms with E-state index in [1.54, 1.807) is 12.1 Å². The summed E-state index contributed by atoms with van der Waals surface area (Å²) in [6, 6.07) is 6.73. The van der Waals surface area contributed by atoms with Crippen LogP contribution in [0.2, 0.25) is 0 Å². The molecule has 1 aromatic carbocycles. The first-order chi connectivity index (χ1) is 10.3. The maximum absolute atomic E-state index is 14.1. The number of aromatic nitrogens is 1. The minimum Gasteiger partial charge on any atom is -0.367 e. The molecule has 5 rings (SSSR count). The van der Waals surface area contributed by atoms with E-state index in [-0.39, 0.29) is 11.7 Å². The van der Waals surface area contributed by atoms with Crippen molar-refractivity contribution in [1.82, 2.24) is 5.16 Å². The van der Waals surface area contributed by atoms with E-state index in [4.69, 9.17) is 10.3 Å². The second-order valence-electron chi connectivity index (χ2n) is 6.80. The summed E-state index contributed by atoms with van der Waals surface area (Å²) in [7, 11) is 0. The first-order valence-corrected chi connectivity index (χ1v) is 7.75. The Balaban J connectivity index is 1.60. The van der Waals surface area contributed by atoms with Gasteiger partial charge in [0.1, 0.15) is 5.82 Å². The van der Waals surface area contributed by atoms with E-state index in [0.717, 1.165) is 29.4 Å². The Morgan fingerprint density at radius 3 is 2.57 bits per heavy atom. The van der Waals surface area contributed by atoms with Gasteiger partial charge in [0.25, 0.3) is 0 Å². The number of nitrogens with two attached hydrogens (primary N) is 1. The maximum Gasteiger partial charge on any atom is 0.230 e. The van der Waals surface area contributed by atoms with E-state index < -0.39 is 0 Å². The molecule has 0 spiro atoms. The Kier molecular flexibility index (Phi) is 2.17. The van der Waals surface area contributed by atoms with Gasteiger partial charge in [-0.05, 0) is 49.0 Å². The molecule has 3 aliphatic rings. The molecular formula is C17H17FN2O. The number of fused-ring (bicyclic) bond motifs is 5. The Morgan fingerprint density at radius 2 is 1.86 bits per heavy atom. The molecule has 0 radical (unpaired) electrons. The summed E-state index contributed by atoms with van der Waals surface area (Å²) >= 11 is 0. The van der Waals surface area contributed by atoms with Crippen LogP contribution in [0.4, 0.5) is 10.3 Å². The van der Waals surface area contributed by atoms with Crippen LogP contribution in [0.3, 0.4) is 0 Å². The molecule has 3 nitrogen and oxygen atoms in total. The highest BCUT2D eigenvalue weighted by molar-refractivity contribution is 5.76. The largest absolute Gasteiger partial charge is 0.367 e. The highest BCUT2D eigenvalue weighted by atomic mass is 19.1. The fraction of sp³-hybridized carbons (Fsp3) is 0.471. The van der Waals surface area contributed by atoms with Gasteiger partial charge in [-0.25, -0.2) is 4.39 Å². The zero-order valence-electron chi connectivity index (χ0n) is 11.6. The number of rotatable bonds is 2. The van der Waals surface area contributed by atoms with Gasteiger partial charge in [-0.1, -0.05) is 23.4 Å². The monoisotopic (exact) mass is 284 g/mol. The predicted molar refractivity (Wildman–Crippen MR) is 76.9 cm³/mol. The maximum atomic E-state index is 14.1. The lowest BCUT2D eigenvalue weighted by Gasteiger charge is -2.08. The lowest BCUT2D eigenvalue weighted by atomic mass is 9.95. The van der Waals surface area contributed by atoms with Crippen LogP contribution in [-0.4, -0.2) is 5.16 Å². The number of nitrogens with zero attached hydrogens (tertiary/aromatic N) is 1. The minimum absolute atomic E-state index is 0.243. The number of hydrogen-bond donors (Lipinski definition) is 1.